The molecule has 0 saturated heterocycles. The molecule has 0 bridgehead atoms. The van der Waals surface area contributed by atoms with Crippen molar-refractivity contribution in [1.29, 1.82) is 0 Å². The van der Waals surface area contributed by atoms with Gasteiger partial charge in [0, 0.05) is 47.2 Å². The highest BCUT2D eigenvalue weighted by Crippen LogP contribution is 2.35. The number of pyridine rings is 3. The first-order valence-electron chi connectivity index (χ1n) is 10.8. The third-order valence-corrected chi connectivity index (χ3v) is 5.84. The fraction of sp³-hybridized carbons (Fsp3) is 0.0370. The highest BCUT2D eigenvalue weighted by atomic mass is 15.2. The summed E-state index contributed by atoms with van der Waals surface area (Å²) in [6, 6.07) is 26.6. The van der Waals surface area contributed by atoms with E-state index >= 15 is 0 Å². The van der Waals surface area contributed by atoms with Gasteiger partial charge in [-0.25, -0.2) is 4.98 Å². The summed E-state index contributed by atoms with van der Waals surface area (Å²) in [6.45, 7) is 0.515. The minimum Gasteiger partial charge on any atom is -0.326 e. The van der Waals surface area contributed by atoms with Crippen molar-refractivity contribution in [3.05, 3.63) is 103 Å². The summed E-state index contributed by atoms with van der Waals surface area (Å²) in [6.07, 6.45) is 5.51. The fourth-order valence-electron chi connectivity index (χ4n) is 4.14. The van der Waals surface area contributed by atoms with Crippen molar-refractivity contribution in [2.75, 3.05) is 0 Å². The van der Waals surface area contributed by atoms with E-state index < -0.39 is 0 Å². The maximum atomic E-state index is 5.80. The van der Waals surface area contributed by atoms with Crippen LogP contribution in [-0.4, -0.2) is 24.6 Å². The largest absolute Gasteiger partial charge is 0.326 e. The van der Waals surface area contributed by atoms with Gasteiger partial charge in [0.05, 0.1) is 11.2 Å². The summed E-state index contributed by atoms with van der Waals surface area (Å²) < 4.78 is 1.99. The zero-order valence-corrected chi connectivity index (χ0v) is 17.8. The van der Waals surface area contributed by atoms with Gasteiger partial charge in [-0.15, -0.1) is 10.2 Å². The number of nitrogens with two attached hydrogens (primary N) is 1. The number of benzene rings is 2. The van der Waals surface area contributed by atoms with Crippen LogP contribution in [0.4, 0.5) is 0 Å². The topological polar surface area (TPSA) is 82.0 Å². The molecule has 0 amide bonds. The first kappa shape index (κ1) is 19.3. The minimum atomic E-state index is 0.515. The van der Waals surface area contributed by atoms with Crippen LogP contribution in [0, 0.1) is 0 Å². The molecular weight excluding hydrogens is 408 g/mol. The van der Waals surface area contributed by atoms with Gasteiger partial charge in [0.2, 0.25) is 0 Å². The van der Waals surface area contributed by atoms with Crippen LogP contribution in [0.1, 0.15) is 5.56 Å². The summed E-state index contributed by atoms with van der Waals surface area (Å²) in [4.78, 5) is 9.30. The molecule has 0 fully saturated rings. The van der Waals surface area contributed by atoms with Gasteiger partial charge in [-0.2, -0.15) is 0 Å². The molecule has 0 aliphatic rings. The normalized spacial score (nSPS) is 11.3. The van der Waals surface area contributed by atoms with E-state index in [9.17, 15) is 0 Å². The standard InChI is InChI=1S/C27H20N6/c28-16-18-8-10-20(11-9-18)25-22(19-5-2-1-3-6-19)15-23-24(30-25)12-14-33-26(31-32-27(23)33)21-7-4-13-29-17-21/h1-15,17H,16,28H2. The van der Waals surface area contributed by atoms with E-state index in [4.69, 9.17) is 10.7 Å². The van der Waals surface area contributed by atoms with Crippen molar-refractivity contribution in [1.82, 2.24) is 24.6 Å². The highest BCUT2D eigenvalue weighted by molar-refractivity contribution is 5.98. The first-order chi connectivity index (χ1) is 16.3. The van der Waals surface area contributed by atoms with Crippen LogP contribution in [0.15, 0.2) is 97.5 Å². The van der Waals surface area contributed by atoms with Gasteiger partial charge >= 0.3 is 0 Å². The van der Waals surface area contributed by atoms with Gasteiger partial charge in [-0.3, -0.25) is 9.38 Å². The number of nitrogens with zero attached hydrogens (tertiary/aromatic N) is 5. The molecule has 4 aromatic heterocycles. The van der Waals surface area contributed by atoms with Crippen molar-refractivity contribution in [3.63, 3.8) is 0 Å². The maximum Gasteiger partial charge on any atom is 0.170 e. The molecule has 0 aliphatic carbocycles. The average molecular weight is 428 g/mol. The zero-order valence-electron chi connectivity index (χ0n) is 17.8. The van der Waals surface area contributed by atoms with Crippen molar-refractivity contribution in [3.8, 4) is 33.8 Å². The second-order valence-corrected chi connectivity index (χ2v) is 7.86. The summed E-state index contributed by atoms with van der Waals surface area (Å²) in [7, 11) is 0. The lowest BCUT2D eigenvalue weighted by molar-refractivity contribution is 1.07. The Bertz CT molecular complexity index is 1570. The van der Waals surface area contributed by atoms with E-state index in [2.05, 4.69) is 57.6 Å². The Kier molecular flexibility index (Phi) is 4.63. The Morgan fingerprint density at radius 3 is 2.36 bits per heavy atom. The Labute approximate surface area is 190 Å². The Balaban J connectivity index is 1.62. The quantitative estimate of drug-likeness (QED) is 0.421. The molecule has 4 heterocycles. The molecule has 6 aromatic rings. The van der Waals surface area contributed by atoms with Gasteiger partial charge in [-0.1, -0.05) is 54.6 Å². The molecule has 0 atom stereocenters. The predicted octanol–water partition coefficient (Wildman–Crippen LogP) is 5.13. The van der Waals surface area contributed by atoms with E-state index in [0.29, 0.717) is 6.54 Å². The van der Waals surface area contributed by atoms with Crippen LogP contribution in [-0.2, 0) is 6.54 Å². The number of aromatic nitrogens is 5. The van der Waals surface area contributed by atoms with E-state index in [0.717, 1.165) is 55.9 Å². The predicted molar refractivity (Wildman–Crippen MR) is 130 cm³/mol. The van der Waals surface area contributed by atoms with Gasteiger partial charge in [0.15, 0.2) is 11.5 Å². The molecule has 6 nitrogen and oxygen atoms in total. The molecule has 6 rings (SSSR count). The fourth-order valence-corrected chi connectivity index (χ4v) is 4.14. The van der Waals surface area contributed by atoms with Gasteiger partial charge < -0.3 is 5.73 Å². The second-order valence-electron chi connectivity index (χ2n) is 7.86. The van der Waals surface area contributed by atoms with Crippen LogP contribution in [0.25, 0.3) is 50.3 Å². The molecule has 0 radical (unpaired) electrons. The summed E-state index contributed by atoms with van der Waals surface area (Å²) in [5.74, 6) is 0.753. The van der Waals surface area contributed by atoms with Crippen LogP contribution in [0.3, 0.4) is 0 Å². The minimum absolute atomic E-state index is 0.515. The lowest BCUT2D eigenvalue weighted by Gasteiger charge is -2.12. The van der Waals surface area contributed by atoms with E-state index in [1.54, 1.807) is 12.4 Å². The number of fused-ring (bicyclic) bond motifs is 3. The van der Waals surface area contributed by atoms with Gasteiger partial charge in [0.25, 0.3) is 0 Å². The lowest BCUT2D eigenvalue weighted by atomic mass is 9.97. The maximum absolute atomic E-state index is 5.80. The molecule has 2 N–H and O–H groups in total. The third-order valence-electron chi connectivity index (χ3n) is 5.84. The van der Waals surface area contributed by atoms with Crippen molar-refractivity contribution >= 4 is 16.6 Å². The summed E-state index contributed by atoms with van der Waals surface area (Å²) >= 11 is 0. The first-order valence-corrected chi connectivity index (χ1v) is 10.8. The average Bonchev–Trinajstić information content (AvgIpc) is 3.34. The smallest absolute Gasteiger partial charge is 0.170 e. The number of rotatable bonds is 4. The van der Waals surface area contributed by atoms with E-state index in [1.165, 1.54) is 0 Å². The molecule has 2 aromatic carbocycles. The van der Waals surface area contributed by atoms with E-state index in [-0.39, 0.29) is 0 Å². The second kappa shape index (κ2) is 7.93. The molecule has 6 heteroatoms. The van der Waals surface area contributed by atoms with Crippen molar-refractivity contribution in [2.24, 2.45) is 5.73 Å². The summed E-state index contributed by atoms with van der Waals surface area (Å²) in [5.41, 5.74) is 13.5. The highest BCUT2D eigenvalue weighted by Gasteiger charge is 2.16. The van der Waals surface area contributed by atoms with Gasteiger partial charge in [-0.05, 0) is 35.4 Å². The van der Waals surface area contributed by atoms with Crippen molar-refractivity contribution in [2.45, 2.75) is 6.54 Å². The van der Waals surface area contributed by atoms with Crippen LogP contribution in [0.2, 0.25) is 0 Å². The SMILES string of the molecule is NCc1ccc(-c2nc3ccn4c(-c5cccnc5)nnc4c3cc2-c2ccccc2)cc1. The number of hydrogen-bond donors (Lipinski definition) is 1. The molecule has 0 unspecified atom stereocenters. The molecule has 158 valence electrons. The molecule has 0 aliphatic heterocycles. The van der Waals surface area contributed by atoms with E-state index in [1.807, 2.05) is 47.0 Å². The van der Waals surface area contributed by atoms with Crippen LogP contribution < -0.4 is 5.73 Å². The zero-order chi connectivity index (χ0) is 22.2. The Morgan fingerprint density at radius 1 is 0.788 bits per heavy atom. The molecule has 0 saturated carbocycles. The summed E-state index contributed by atoms with van der Waals surface area (Å²) in [5, 5.41) is 9.91. The third kappa shape index (κ3) is 3.33. The Hall–Kier alpha value is -4.42. The van der Waals surface area contributed by atoms with Crippen LogP contribution >= 0.6 is 0 Å². The molecule has 33 heavy (non-hydrogen) atoms. The molecule has 0 spiro atoms. The lowest BCUT2D eigenvalue weighted by Crippen LogP contribution is -1.97. The molecular formula is C27H20N6. The van der Waals surface area contributed by atoms with Crippen molar-refractivity contribution < 1.29 is 0 Å². The van der Waals surface area contributed by atoms with Gasteiger partial charge in [0.1, 0.15) is 0 Å². The monoisotopic (exact) mass is 428 g/mol. The van der Waals surface area contributed by atoms with Crippen LogP contribution in [0.5, 0.6) is 0 Å². The number of hydrogen-bond acceptors (Lipinski definition) is 5. The Morgan fingerprint density at radius 2 is 1.61 bits per heavy atom.